The maximum Gasteiger partial charge on any atom is 0.234 e. The predicted octanol–water partition coefficient (Wildman–Crippen LogP) is 0.813. The Morgan fingerprint density at radius 3 is 2.95 bits per heavy atom. The average molecular weight is 290 g/mol. The first-order valence-electron chi connectivity index (χ1n) is 7.74. The molecule has 5 nitrogen and oxygen atoms in total. The molecule has 0 bridgehead atoms. The summed E-state index contributed by atoms with van der Waals surface area (Å²) in [7, 11) is 2.04. The van der Waals surface area contributed by atoms with E-state index >= 15 is 0 Å². The molecule has 5 heteroatoms. The van der Waals surface area contributed by atoms with Crippen molar-refractivity contribution in [1.82, 2.24) is 20.5 Å². The zero-order valence-electron chi connectivity index (χ0n) is 13.0. The maximum absolute atomic E-state index is 12.1. The fraction of sp³-hybridized carbons (Fsp3) is 0.625. The van der Waals surface area contributed by atoms with Crippen molar-refractivity contribution in [3.8, 4) is 0 Å². The summed E-state index contributed by atoms with van der Waals surface area (Å²) in [6, 6.07) is 4.61. The van der Waals surface area contributed by atoms with Crippen LogP contribution in [0.1, 0.15) is 25.3 Å². The van der Waals surface area contributed by atoms with E-state index in [4.69, 9.17) is 0 Å². The topological polar surface area (TPSA) is 57.3 Å². The lowest BCUT2D eigenvalue weighted by molar-refractivity contribution is -0.123. The smallest absolute Gasteiger partial charge is 0.234 e. The Hall–Kier alpha value is -1.46. The standard InChI is InChI=1S/C16H26N4O/c1-13(10-14-4-3-7-18-11-14)19-16(21)12-20(2)15-5-8-17-9-6-15/h3-4,7,11,13,15,17H,5-6,8-10,12H2,1-2H3,(H,19,21)/t13-/m1/s1. The Morgan fingerprint density at radius 1 is 1.52 bits per heavy atom. The molecule has 0 spiro atoms. The molecule has 1 aromatic heterocycles. The normalized spacial score (nSPS) is 17.7. The summed E-state index contributed by atoms with van der Waals surface area (Å²) in [5, 5.41) is 6.42. The Bertz CT molecular complexity index is 431. The summed E-state index contributed by atoms with van der Waals surface area (Å²) in [4.78, 5) is 18.4. The van der Waals surface area contributed by atoms with E-state index in [1.807, 2.05) is 32.3 Å². The third kappa shape index (κ3) is 5.44. The van der Waals surface area contributed by atoms with Crippen molar-refractivity contribution >= 4 is 5.91 Å². The van der Waals surface area contributed by atoms with Crippen LogP contribution < -0.4 is 10.6 Å². The lowest BCUT2D eigenvalue weighted by Crippen LogP contribution is -2.47. The number of likely N-dealkylation sites (N-methyl/N-ethyl adjacent to an activating group) is 1. The molecule has 1 saturated heterocycles. The van der Waals surface area contributed by atoms with Crippen LogP contribution in [0.2, 0.25) is 0 Å². The second kappa shape index (κ2) is 8.10. The first-order chi connectivity index (χ1) is 10.1. The van der Waals surface area contributed by atoms with Crippen molar-refractivity contribution in [3.63, 3.8) is 0 Å². The van der Waals surface area contributed by atoms with Crippen LogP contribution in [-0.4, -0.2) is 54.6 Å². The van der Waals surface area contributed by atoms with Gasteiger partial charge in [-0.2, -0.15) is 0 Å². The van der Waals surface area contributed by atoms with Gasteiger partial charge in [0.15, 0.2) is 0 Å². The number of carbonyl (C=O) groups is 1. The molecule has 2 rings (SSSR count). The van der Waals surface area contributed by atoms with E-state index in [0.29, 0.717) is 12.6 Å². The summed E-state index contributed by atoms with van der Waals surface area (Å²) >= 11 is 0. The zero-order chi connectivity index (χ0) is 15.1. The van der Waals surface area contributed by atoms with Gasteiger partial charge in [-0.05, 0) is 58.0 Å². The number of aromatic nitrogens is 1. The fourth-order valence-corrected chi connectivity index (χ4v) is 2.85. The third-order valence-corrected chi connectivity index (χ3v) is 4.00. The van der Waals surface area contributed by atoms with Crippen molar-refractivity contribution in [3.05, 3.63) is 30.1 Å². The number of piperidine rings is 1. The Labute approximate surface area is 127 Å². The number of amides is 1. The van der Waals surface area contributed by atoms with Crippen LogP contribution in [0.25, 0.3) is 0 Å². The van der Waals surface area contributed by atoms with Crippen LogP contribution in [-0.2, 0) is 11.2 Å². The maximum atomic E-state index is 12.1. The molecule has 2 N–H and O–H groups in total. The highest BCUT2D eigenvalue weighted by Crippen LogP contribution is 2.09. The molecule has 0 radical (unpaired) electrons. The molecule has 1 aromatic rings. The minimum absolute atomic E-state index is 0.104. The highest BCUT2D eigenvalue weighted by atomic mass is 16.2. The van der Waals surface area contributed by atoms with Gasteiger partial charge in [0.1, 0.15) is 0 Å². The van der Waals surface area contributed by atoms with Gasteiger partial charge in [0.05, 0.1) is 6.54 Å². The lowest BCUT2D eigenvalue weighted by atomic mass is 10.1. The molecule has 0 unspecified atom stereocenters. The van der Waals surface area contributed by atoms with Crippen molar-refractivity contribution in [2.75, 3.05) is 26.7 Å². The Balaban J connectivity index is 1.73. The van der Waals surface area contributed by atoms with Gasteiger partial charge in [-0.15, -0.1) is 0 Å². The number of carbonyl (C=O) groups excluding carboxylic acids is 1. The molecule has 1 atom stereocenters. The molecular formula is C16H26N4O. The SMILES string of the molecule is C[C@H](Cc1cccnc1)NC(=O)CN(C)C1CCNCC1. The van der Waals surface area contributed by atoms with Crippen LogP contribution in [0, 0.1) is 0 Å². The fourth-order valence-electron chi connectivity index (χ4n) is 2.85. The monoisotopic (exact) mass is 290 g/mol. The molecule has 21 heavy (non-hydrogen) atoms. The minimum Gasteiger partial charge on any atom is -0.352 e. The first kappa shape index (κ1) is 15.9. The van der Waals surface area contributed by atoms with Gasteiger partial charge < -0.3 is 10.6 Å². The molecule has 1 aliphatic heterocycles. The summed E-state index contributed by atoms with van der Waals surface area (Å²) in [6.45, 7) is 4.61. The van der Waals surface area contributed by atoms with Crippen molar-refractivity contribution < 1.29 is 4.79 Å². The zero-order valence-corrected chi connectivity index (χ0v) is 13.0. The van der Waals surface area contributed by atoms with E-state index in [1.54, 1.807) is 6.20 Å². The predicted molar refractivity (Wildman–Crippen MR) is 84.1 cm³/mol. The summed E-state index contributed by atoms with van der Waals surface area (Å²) in [5.41, 5.74) is 1.15. The van der Waals surface area contributed by atoms with Gasteiger partial charge in [0, 0.05) is 24.5 Å². The highest BCUT2D eigenvalue weighted by Gasteiger charge is 2.20. The van der Waals surface area contributed by atoms with E-state index in [2.05, 4.69) is 20.5 Å². The summed E-state index contributed by atoms with van der Waals surface area (Å²) in [6.07, 6.45) is 6.67. The van der Waals surface area contributed by atoms with E-state index in [1.165, 1.54) is 0 Å². The van der Waals surface area contributed by atoms with Crippen LogP contribution in [0.3, 0.4) is 0 Å². The molecule has 0 aliphatic carbocycles. The van der Waals surface area contributed by atoms with Crippen molar-refractivity contribution in [1.29, 1.82) is 0 Å². The van der Waals surface area contributed by atoms with Gasteiger partial charge in [-0.3, -0.25) is 14.7 Å². The molecule has 1 amide bonds. The highest BCUT2D eigenvalue weighted by molar-refractivity contribution is 5.78. The first-order valence-corrected chi connectivity index (χ1v) is 7.74. The number of rotatable bonds is 6. The number of hydrogen-bond acceptors (Lipinski definition) is 4. The van der Waals surface area contributed by atoms with E-state index in [9.17, 15) is 4.79 Å². The largest absolute Gasteiger partial charge is 0.352 e. The lowest BCUT2D eigenvalue weighted by Gasteiger charge is -2.31. The third-order valence-electron chi connectivity index (χ3n) is 4.00. The van der Waals surface area contributed by atoms with Gasteiger partial charge >= 0.3 is 0 Å². The second-order valence-corrected chi connectivity index (χ2v) is 5.93. The molecular weight excluding hydrogens is 264 g/mol. The Kier molecular flexibility index (Phi) is 6.14. The summed E-state index contributed by atoms with van der Waals surface area (Å²) in [5.74, 6) is 0.104. The quantitative estimate of drug-likeness (QED) is 0.814. The van der Waals surface area contributed by atoms with Crippen LogP contribution in [0.15, 0.2) is 24.5 Å². The molecule has 0 saturated carbocycles. The van der Waals surface area contributed by atoms with Gasteiger partial charge in [0.25, 0.3) is 0 Å². The Morgan fingerprint density at radius 2 is 2.29 bits per heavy atom. The van der Waals surface area contributed by atoms with Gasteiger partial charge in [-0.25, -0.2) is 0 Å². The van der Waals surface area contributed by atoms with E-state index in [-0.39, 0.29) is 11.9 Å². The number of nitrogens with zero attached hydrogens (tertiary/aromatic N) is 2. The number of nitrogens with one attached hydrogen (secondary N) is 2. The van der Waals surface area contributed by atoms with Crippen LogP contribution in [0.5, 0.6) is 0 Å². The van der Waals surface area contributed by atoms with Gasteiger partial charge in [-0.1, -0.05) is 6.07 Å². The molecule has 1 fully saturated rings. The molecule has 0 aromatic carbocycles. The average Bonchev–Trinajstić information content (AvgIpc) is 2.48. The van der Waals surface area contributed by atoms with Crippen molar-refractivity contribution in [2.24, 2.45) is 0 Å². The van der Waals surface area contributed by atoms with E-state index in [0.717, 1.165) is 37.9 Å². The molecule has 116 valence electrons. The van der Waals surface area contributed by atoms with E-state index < -0.39 is 0 Å². The van der Waals surface area contributed by atoms with Crippen molar-refractivity contribution in [2.45, 2.75) is 38.3 Å². The second-order valence-electron chi connectivity index (χ2n) is 5.93. The summed E-state index contributed by atoms with van der Waals surface area (Å²) < 4.78 is 0. The molecule has 2 heterocycles. The van der Waals surface area contributed by atoms with Crippen LogP contribution >= 0.6 is 0 Å². The minimum atomic E-state index is 0.104. The number of hydrogen-bond donors (Lipinski definition) is 2. The van der Waals surface area contributed by atoms with Crippen LogP contribution in [0.4, 0.5) is 0 Å². The molecule has 1 aliphatic rings. The van der Waals surface area contributed by atoms with Gasteiger partial charge in [0.2, 0.25) is 5.91 Å². The number of pyridine rings is 1.